The topological polar surface area (TPSA) is 328 Å². The molecule has 20 nitrogen and oxygen atoms in total. The van der Waals surface area contributed by atoms with E-state index in [2.05, 4.69) is 80.4 Å². The van der Waals surface area contributed by atoms with Gasteiger partial charge in [-0.05, 0) is 96.8 Å². The SMILES string of the molecule is CC(=O)[C@@H](CCCCNC(=O)[C@H](N)CS)NC(=O)CCCCCNC(=O)CCCCCNC(=O)C(CCCCNC(=O)[C@@H](N)CS)NC(=O)CCCCCNC(=O)CCCCCNC(=O)[C@H](N)CS. The molecular formula is C46H87N11O9S3. The van der Waals surface area contributed by atoms with Crippen LogP contribution in [0.25, 0.3) is 0 Å². The Balaban J connectivity index is 4.43. The maximum absolute atomic E-state index is 13.2. The second-order valence-electron chi connectivity index (χ2n) is 17.3. The number of amides is 8. The van der Waals surface area contributed by atoms with Crippen LogP contribution in [-0.4, -0.2) is 140 Å². The van der Waals surface area contributed by atoms with Gasteiger partial charge in [-0.1, -0.05) is 25.7 Å². The van der Waals surface area contributed by atoms with Gasteiger partial charge in [0.2, 0.25) is 47.3 Å². The van der Waals surface area contributed by atoms with Gasteiger partial charge in [-0.3, -0.25) is 43.2 Å². The third-order valence-corrected chi connectivity index (χ3v) is 12.3. The van der Waals surface area contributed by atoms with Gasteiger partial charge in [-0.15, -0.1) is 0 Å². The fourth-order valence-electron chi connectivity index (χ4n) is 6.72. The van der Waals surface area contributed by atoms with Crippen LogP contribution in [0.1, 0.15) is 148 Å². The first-order valence-electron chi connectivity index (χ1n) is 24.9. The highest BCUT2D eigenvalue weighted by molar-refractivity contribution is 7.80. The van der Waals surface area contributed by atoms with Crippen LogP contribution in [0.2, 0.25) is 0 Å². The lowest BCUT2D eigenvalue weighted by Crippen LogP contribution is -2.47. The van der Waals surface area contributed by atoms with E-state index in [1.54, 1.807) is 0 Å². The highest BCUT2D eigenvalue weighted by atomic mass is 32.1. The molecule has 0 aromatic heterocycles. The lowest BCUT2D eigenvalue weighted by atomic mass is 10.1. The molecule has 0 spiro atoms. The van der Waals surface area contributed by atoms with Gasteiger partial charge in [-0.2, -0.15) is 37.9 Å². The summed E-state index contributed by atoms with van der Waals surface area (Å²) < 4.78 is 0. The molecule has 0 saturated carbocycles. The third kappa shape index (κ3) is 36.9. The monoisotopic (exact) mass is 1030 g/mol. The van der Waals surface area contributed by atoms with E-state index < -0.39 is 30.2 Å². The predicted molar refractivity (Wildman–Crippen MR) is 280 cm³/mol. The summed E-state index contributed by atoms with van der Waals surface area (Å²) in [6.45, 7) is 4.13. The Kier molecular flexibility index (Phi) is 40.9. The van der Waals surface area contributed by atoms with Crippen molar-refractivity contribution in [2.24, 2.45) is 17.2 Å². The molecule has 14 N–H and O–H groups in total. The van der Waals surface area contributed by atoms with E-state index in [1.807, 2.05) is 0 Å². The van der Waals surface area contributed by atoms with Crippen molar-refractivity contribution < 1.29 is 43.2 Å². The lowest BCUT2D eigenvalue weighted by molar-refractivity contribution is -0.129. The maximum atomic E-state index is 13.2. The van der Waals surface area contributed by atoms with Crippen molar-refractivity contribution in [2.75, 3.05) is 56.5 Å². The number of carbonyl (C=O) groups excluding carboxylic acids is 9. The molecular weight excluding hydrogens is 947 g/mol. The number of carbonyl (C=O) groups is 9. The summed E-state index contributed by atoms with van der Waals surface area (Å²) in [5.74, 6) is -1.02. The normalized spacial score (nSPS) is 13.1. The first kappa shape index (κ1) is 65.4. The fourth-order valence-corrected chi connectivity index (χ4v) is 7.22. The number of thiol groups is 3. The van der Waals surface area contributed by atoms with Gasteiger partial charge in [0.25, 0.3) is 0 Å². The summed E-state index contributed by atoms with van der Waals surface area (Å²) in [5, 5.41) is 22.6. The molecule has 1 unspecified atom stereocenters. The van der Waals surface area contributed by atoms with Crippen LogP contribution in [0.5, 0.6) is 0 Å². The van der Waals surface area contributed by atoms with Crippen LogP contribution in [0, 0.1) is 0 Å². The van der Waals surface area contributed by atoms with Crippen LogP contribution in [-0.2, 0) is 43.2 Å². The molecule has 0 aliphatic carbocycles. The predicted octanol–water partition coefficient (Wildman–Crippen LogP) is 0.596. The highest BCUT2D eigenvalue weighted by Crippen LogP contribution is 2.08. The van der Waals surface area contributed by atoms with Gasteiger partial charge >= 0.3 is 0 Å². The molecule has 0 aromatic carbocycles. The first-order chi connectivity index (χ1) is 33.1. The van der Waals surface area contributed by atoms with Gasteiger partial charge in [0.1, 0.15) is 6.04 Å². The summed E-state index contributed by atoms with van der Waals surface area (Å²) in [4.78, 5) is 111. The van der Waals surface area contributed by atoms with Crippen LogP contribution >= 0.6 is 37.9 Å². The molecule has 5 atom stereocenters. The molecule has 69 heavy (non-hydrogen) atoms. The van der Waals surface area contributed by atoms with Gasteiger partial charge in [0, 0.05) is 82.2 Å². The molecule has 23 heteroatoms. The molecule has 0 saturated heterocycles. The van der Waals surface area contributed by atoms with Gasteiger partial charge in [0.15, 0.2) is 5.78 Å². The summed E-state index contributed by atoms with van der Waals surface area (Å²) in [7, 11) is 0. The van der Waals surface area contributed by atoms with Crippen LogP contribution in [0.3, 0.4) is 0 Å². The minimum Gasteiger partial charge on any atom is -0.356 e. The molecule has 398 valence electrons. The Hall–Kier alpha value is -3.64. The lowest BCUT2D eigenvalue weighted by Gasteiger charge is -2.19. The van der Waals surface area contributed by atoms with Crippen molar-refractivity contribution in [1.82, 2.24) is 42.5 Å². The Morgan fingerprint density at radius 2 is 0.623 bits per heavy atom. The van der Waals surface area contributed by atoms with Crippen molar-refractivity contribution in [3.63, 3.8) is 0 Å². The molecule has 0 fully saturated rings. The zero-order valence-electron chi connectivity index (χ0n) is 41.1. The number of rotatable bonds is 44. The molecule has 0 rings (SSSR count). The zero-order valence-corrected chi connectivity index (χ0v) is 43.7. The van der Waals surface area contributed by atoms with Crippen molar-refractivity contribution in [2.45, 2.75) is 178 Å². The van der Waals surface area contributed by atoms with E-state index in [0.29, 0.717) is 142 Å². The average molecular weight is 1030 g/mol. The number of Topliss-reactive ketones (excluding diaryl/α,β-unsaturated/α-hetero) is 1. The molecule has 8 amide bonds. The minimum absolute atomic E-state index is 0.0403. The standard InChI is InChI=1S/C46H87N11O9S3/c1-33(58)37(18-10-16-28-53-44(64)35(48)31-68)56-41(61)22-8-4-12-24-50-40(60)21-7-3-15-27-55-46(66)38(19-11-17-29-54-45(65)36(49)32-69)57-42(62)23-9-5-13-25-51-39(59)20-6-2-14-26-52-43(63)34(47)30-67/h34-38,67-69H,2-32,47-49H2,1H3,(H,50,60)(H,51,59)(H,52,63)(H,53,64)(H,54,65)(H,55,66)(H,56,61)(H,57,62)/t34-,35-,36+,37-,38?/m1/s1. The number of nitrogens with two attached hydrogens (primary N) is 3. The Labute approximate surface area is 426 Å². The number of unbranched alkanes of at least 4 members (excludes halogenated alkanes) is 10. The van der Waals surface area contributed by atoms with E-state index >= 15 is 0 Å². The van der Waals surface area contributed by atoms with E-state index in [0.717, 1.165) is 25.7 Å². The summed E-state index contributed by atoms with van der Waals surface area (Å²) in [6.07, 6.45) is 12.9. The smallest absolute Gasteiger partial charge is 0.242 e. The zero-order chi connectivity index (χ0) is 51.7. The average Bonchev–Trinajstić information content (AvgIpc) is 3.33. The number of ketones is 1. The maximum Gasteiger partial charge on any atom is 0.242 e. The third-order valence-electron chi connectivity index (χ3n) is 11.1. The van der Waals surface area contributed by atoms with Crippen LogP contribution in [0.4, 0.5) is 0 Å². The molecule has 0 aromatic rings. The Morgan fingerprint density at radius 3 is 0.957 bits per heavy atom. The van der Waals surface area contributed by atoms with Crippen LogP contribution < -0.4 is 59.7 Å². The Bertz CT molecular complexity index is 1520. The minimum atomic E-state index is -0.751. The second-order valence-corrected chi connectivity index (χ2v) is 18.4. The van der Waals surface area contributed by atoms with Gasteiger partial charge in [-0.25, -0.2) is 0 Å². The molecule has 0 bridgehead atoms. The fraction of sp³-hybridized carbons (Fsp3) is 0.804. The van der Waals surface area contributed by atoms with E-state index in [4.69, 9.17) is 17.2 Å². The van der Waals surface area contributed by atoms with Crippen molar-refractivity contribution in [3.8, 4) is 0 Å². The van der Waals surface area contributed by atoms with Crippen LogP contribution in [0.15, 0.2) is 0 Å². The summed E-state index contributed by atoms with van der Waals surface area (Å²) in [5.41, 5.74) is 17.0. The van der Waals surface area contributed by atoms with Crippen molar-refractivity contribution >= 4 is 90.9 Å². The first-order valence-corrected chi connectivity index (χ1v) is 26.8. The molecule has 0 radical (unpaired) electrons. The summed E-state index contributed by atoms with van der Waals surface area (Å²) in [6, 6.07) is -3.32. The number of hydrogen-bond donors (Lipinski definition) is 14. The highest BCUT2D eigenvalue weighted by Gasteiger charge is 2.21. The quantitative estimate of drug-likeness (QED) is 0.0295. The molecule has 0 aliphatic heterocycles. The van der Waals surface area contributed by atoms with E-state index in [9.17, 15) is 43.2 Å². The number of hydrogen-bond acceptors (Lipinski definition) is 15. The largest absolute Gasteiger partial charge is 0.356 e. The second kappa shape index (κ2) is 43.2. The van der Waals surface area contributed by atoms with E-state index in [1.165, 1.54) is 6.92 Å². The van der Waals surface area contributed by atoms with Gasteiger partial charge < -0.3 is 59.7 Å². The molecule has 0 aliphatic rings. The van der Waals surface area contributed by atoms with Crippen molar-refractivity contribution in [3.05, 3.63) is 0 Å². The van der Waals surface area contributed by atoms with E-state index in [-0.39, 0.29) is 83.1 Å². The molecule has 0 heterocycles. The summed E-state index contributed by atoms with van der Waals surface area (Å²) >= 11 is 12.1. The van der Waals surface area contributed by atoms with Gasteiger partial charge in [0.05, 0.1) is 24.2 Å². The van der Waals surface area contributed by atoms with Crippen molar-refractivity contribution in [1.29, 1.82) is 0 Å². The Morgan fingerprint density at radius 1 is 0.348 bits per heavy atom. The number of nitrogens with one attached hydrogen (secondary N) is 8.